The highest BCUT2D eigenvalue weighted by atomic mass is 32.1. The van der Waals surface area contributed by atoms with E-state index in [1.165, 1.54) is 11.3 Å². The van der Waals surface area contributed by atoms with Gasteiger partial charge in [-0.3, -0.25) is 4.79 Å². The quantitative estimate of drug-likeness (QED) is 0.849. The van der Waals surface area contributed by atoms with E-state index >= 15 is 0 Å². The summed E-state index contributed by atoms with van der Waals surface area (Å²) in [5, 5.41) is 14.4. The largest absolute Gasteiger partial charge is 0.389 e. The fourth-order valence-electron chi connectivity index (χ4n) is 1.90. The van der Waals surface area contributed by atoms with Crippen LogP contribution in [0.1, 0.15) is 10.6 Å². The van der Waals surface area contributed by atoms with Gasteiger partial charge >= 0.3 is 0 Å². The topological polar surface area (TPSA) is 62.2 Å². The van der Waals surface area contributed by atoms with E-state index in [9.17, 15) is 4.79 Å². The van der Waals surface area contributed by atoms with E-state index in [0.717, 1.165) is 22.5 Å². The Morgan fingerprint density at radius 2 is 2.35 bits per heavy atom. The van der Waals surface area contributed by atoms with Crippen LogP contribution in [0.5, 0.6) is 0 Å². The zero-order chi connectivity index (χ0) is 11.8. The first-order valence-electron chi connectivity index (χ1n) is 5.24. The Morgan fingerprint density at radius 3 is 3.12 bits per heavy atom. The SMILES string of the molecule is O=C1Cc2cc(-c3csc(CO)n3)ccc2N1. The molecule has 2 aromatic rings. The van der Waals surface area contributed by atoms with Crippen molar-refractivity contribution in [3.63, 3.8) is 0 Å². The minimum atomic E-state index is -0.0321. The average molecular weight is 246 g/mol. The maximum atomic E-state index is 11.2. The minimum absolute atomic E-state index is 0.0321. The van der Waals surface area contributed by atoms with Gasteiger partial charge in [0.2, 0.25) is 5.91 Å². The third kappa shape index (κ3) is 1.83. The number of carbonyl (C=O) groups excluding carboxylic acids is 1. The first kappa shape index (κ1) is 10.4. The van der Waals surface area contributed by atoms with Crippen LogP contribution in [0.15, 0.2) is 23.6 Å². The lowest BCUT2D eigenvalue weighted by Crippen LogP contribution is -2.03. The van der Waals surface area contributed by atoms with Crippen LogP contribution in [-0.4, -0.2) is 16.0 Å². The lowest BCUT2D eigenvalue weighted by atomic mass is 10.1. The minimum Gasteiger partial charge on any atom is -0.389 e. The van der Waals surface area contributed by atoms with E-state index in [2.05, 4.69) is 10.3 Å². The first-order valence-corrected chi connectivity index (χ1v) is 6.12. The Balaban J connectivity index is 1.99. The predicted molar refractivity (Wildman–Crippen MR) is 65.8 cm³/mol. The summed E-state index contributed by atoms with van der Waals surface area (Å²) in [5.41, 5.74) is 3.72. The van der Waals surface area contributed by atoms with E-state index < -0.39 is 0 Å². The highest BCUT2D eigenvalue weighted by Gasteiger charge is 2.18. The van der Waals surface area contributed by atoms with Crippen LogP contribution in [0.25, 0.3) is 11.3 Å². The molecule has 86 valence electrons. The third-order valence-corrected chi connectivity index (χ3v) is 3.55. The molecule has 5 heteroatoms. The van der Waals surface area contributed by atoms with Gasteiger partial charge in [0.05, 0.1) is 18.7 Å². The number of benzene rings is 1. The second-order valence-electron chi connectivity index (χ2n) is 3.88. The number of aliphatic hydroxyl groups excluding tert-OH is 1. The lowest BCUT2D eigenvalue weighted by Gasteiger charge is -2.01. The molecular weight excluding hydrogens is 236 g/mol. The van der Waals surface area contributed by atoms with Crippen molar-refractivity contribution < 1.29 is 9.90 Å². The lowest BCUT2D eigenvalue weighted by molar-refractivity contribution is -0.115. The normalized spacial score (nSPS) is 13.6. The van der Waals surface area contributed by atoms with Crippen molar-refractivity contribution in [2.75, 3.05) is 5.32 Å². The standard InChI is InChI=1S/C12H10N2O2S/c15-5-12-14-10(6-17-12)7-1-2-9-8(3-7)4-11(16)13-9/h1-3,6,15H,4-5H2,(H,13,16). The van der Waals surface area contributed by atoms with Crippen LogP contribution in [0.3, 0.4) is 0 Å². The van der Waals surface area contributed by atoms with Crippen LogP contribution in [0.2, 0.25) is 0 Å². The van der Waals surface area contributed by atoms with E-state index in [4.69, 9.17) is 5.11 Å². The molecule has 4 nitrogen and oxygen atoms in total. The van der Waals surface area contributed by atoms with Gasteiger partial charge in [-0.15, -0.1) is 11.3 Å². The Hall–Kier alpha value is -1.72. The summed E-state index contributed by atoms with van der Waals surface area (Å²) < 4.78 is 0. The molecule has 0 fully saturated rings. The van der Waals surface area contributed by atoms with Gasteiger partial charge in [-0.1, -0.05) is 6.07 Å². The van der Waals surface area contributed by atoms with Crippen molar-refractivity contribution >= 4 is 22.9 Å². The Morgan fingerprint density at radius 1 is 1.47 bits per heavy atom. The number of fused-ring (bicyclic) bond motifs is 1. The van der Waals surface area contributed by atoms with E-state index in [1.807, 2.05) is 23.6 Å². The Kier molecular flexibility index (Phi) is 2.42. The number of hydrogen-bond donors (Lipinski definition) is 2. The molecule has 3 rings (SSSR count). The van der Waals surface area contributed by atoms with Crippen molar-refractivity contribution in [1.82, 2.24) is 4.98 Å². The molecule has 2 N–H and O–H groups in total. The molecule has 0 radical (unpaired) electrons. The molecular formula is C12H10N2O2S. The summed E-state index contributed by atoms with van der Waals surface area (Å²) in [7, 11) is 0. The first-order chi connectivity index (χ1) is 8.26. The zero-order valence-corrected chi connectivity index (χ0v) is 9.75. The number of anilines is 1. The number of rotatable bonds is 2. The number of thiazole rings is 1. The monoisotopic (exact) mass is 246 g/mol. The highest BCUT2D eigenvalue weighted by Crippen LogP contribution is 2.29. The van der Waals surface area contributed by atoms with Crippen LogP contribution >= 0.6 is 11.3 Å². The molecule has 0 unspecified atom stereocenters. The third-order valence-electron chi connectivity index (χ3n) is 2.71. The Bertz CT molecular complexity index is 592. The number of nitrogens with one attached hydrogen (secondary N) is 1. The fourth-order valence-corrected chi connectivity index (χ4v) is 2.57. The summed E-state index contributed by atoms with van der Waals surface area (Å²) in [6.07, 6.45) is 0.431. The highest BCUT2D eigenvalue weighted by molar-refractivity contribution is 7.09. The van der Waals surface area contributed by atoms with Gasteiger partial charge < -0.3 is 10.4 Å². The second kappa shape index (κ2) is 3.94. The van der Waals surface area contributed by atoms with E-state index in [1.54, 1.807) is 0 Å². The maximum absolute atomic E-state index is 11.2. The number of aromatic nitrogens is 1. The van der Waals surface area contributed by atoms with Crippen LogP contribution in [-0.2, 0) is 17.8 Å². The molecule has 17 heavy (non-hydrogen) atoms. The summed E-state index contributed by atoms with van der Waals surface area (Å²) in [6.45, 7) is -0.0321. The smallest absolute Gasteiger partial charge is 0.228 e. The van der Waals surface area contributed by atoms with Gasteiger partial charge in [0.15, 0.2) is 0 Å². The molecule has 2 heterocycles. The van der Waals surface area contributed by atoms with Gasteiger partial charge in [-0.05, 0) is 17.7 Å². The molecule has 1 aromatic heterocycles. The summed E-state index contributed by atoms with van der Waals surface area (Å²) in [6, 6.07) is 5.80. The van der Waals surface area contributed by atoms with Gasteiger partial charge in [-0.2, -0.15) is 0 Å². The predicted octanol–water partition coefficient (Wildman–Crippen LogP) is 1.80. The number of carbonyl (C=O) groups is 1. The number of aliphatic hydroxyl groups is 1. The van der Waals surface area contributed by atoms with E-state index in [0.29, 0.717) is 11.4 Å². The van der Waals surface area contributed by atoms with Gasteiger partial charge in [0, 0.05) is 16.6 Å². The number of hydrogen-bond acceptors (Lipinski definition) is 4. The average Bonchev–Trinajstić information content (AvgIpc) is 2.92. The molecule has 0 saturated carbocycles. The van der Waals surface area contributed by atoms with Gasteiger partial charge in [-0.25, -0.2) is 4.98 Å². The fraction of sp³-hybridized carbons (Fsp3) is 0.167. The molecule has 0 spiro atoms. The van der Waals surface area contributed by atoms with Crippen molar-refractivity contribution in [3.05, 3.63) is 34.2 Å². The van der Waals surface area contributed by atoms with Crippen molar-refractivity contribution in [2.24, 2.45) is 0 Å². The zero-order valence-electron chi connectivity index (χ0n) is 8.93. The van der Waals surface area contributed by atoms with Gasteiger partial charge in [0.1, 0.15) is 5.01 Å². The van der Waals surface area contributed by atoms with Crippen molar-refractivity contribution in [2.45, 2.75) is 13.0 Å². The second-order valence-corrected chi connectivity index (χ2v) is 4.82. The molecule has 1 amide bonds. The summed E-state index contributed by atoms with van der Waals surface area (Å²) in [5.74, 6) is 0.0338. The molecule has 0 aliphatic carbocycles. The molecule has 1 aromatic carbocycles. The van der Waals surface area contributed by atoms with Gasteiger partial charge in [0.25, 0.3) is 0 Å². The summed E-state index contributed by atoms with van der Waals surface area (Å²) >= 11 is 1.43. The van der Waals surface area contributed by atoms with Crippen molar-refractivity contribution in [1.29, 1.82) is 0 Å². The van der Waals surface area contributed by atoms with Crippen LogP contribution < -0.4 is 5.32 Å². The molecule has 0 saturated heterocycles. The molecule has 1 aliphatic rings. The number of amides is 1. The molecule has 0 atom stereocenters. The molecule has 1 aliphatic heterocycles. The van der Waals surface area contributed by atoms with E-state index in [-0.39, 0.29) is 12.5 Å². The Labute approximate surface area is 102 Å². The maximum Gasteiger partial charge on any atom is 0.228 e. The van der Waals surface area contributed by atoms with Crippen LogP contribution in [0.4, 0.5) is 5.69 Å². The van der Waals surface area contributed by atoms with Crippen LogP contribution in [0, 0.1) is 0 Å². The summed E-state index contributed by atoms with van der Waals surface area (Å²) in [4.78, 5) is 15.5. The van der Waals surface area contributed by atoms with Crippen molar-refractivity contribution in [3.8, 4) is 11.3 Å². The number of nitrogens with zero attached hydrogens (tertiary/aromatic N) is 1. The molecule has 0 bridgehead atoms.